The van der Waals surface area contributed by atoms with E-state index in [9.17, 15) is 0 Å². The Kier molecular flexibility index (Phi) is 6.58. The molecule has 0 radical (unpaired) electrons. The van der Waals surface area contributed by atoms with E-state index in [1.54, 1.807) is 11.3 Å². The van der Waals surface area contributed by atoms with Crippen molar-refractivity contribution >= 4 is 33.2 Å². The number of rotatable bonds is 5. The summed E-state index contributed by atoms with van der Waals surface area (Å²) in [6.45, 7) is 8.00. The molecule has 1 unspecified atom stereocenters. The van der Waals surface area contributed by atoms with Crippen molar-refractivity contribution in [2.75, 3.05) is 6.54 Å². The zero-order chi connectivity index (χ0) is 12.7. The van der Waals surface area contributed by atoms with Gasteiger partial charge in [0.1, 0.15) is 0 Å². The zero-order valence-electron chi connectivity index (χ0n) is 10.6. The second kappa shape index (κ2) is 7.71. The van der Waals surface area contributed by atoms with Crippen LogP contribution < -0.4 is 10.6 Å². The molecule has 0 amide bonds. The largest absolute Gasteiger partial charge is 0.357 e. The topological polar surface area (TPSA) is 36.4 Å². The molecule has 0 saturated heterocycles. The summed E-state index contributed by atoms with van der Waals surface area (Å²) >= 11 is 5.15. The number of nitrogens with one attached hydrogen (secondary N) is 2. The molecule has 0 aromatic carbocycles. The van der Waals surface area contributed by atoms with Crippen LogP contribution in [0.15, 0.2) is 20.2 Å². The Morgan fingerprint density at radius 2 is 2.29 bits per heavy atom. The Bertz CT molecular complexity index is 362. The molecule has 96 valence electrons. The first kappa shape index (κ1) is 14.5. The summed E-state index contributed by atoms with van der Waals surface area (Å²) in [7, 11) is 0. The Hall–Kier alpha value is -0.550. The second-order valence-corrected chi connectivity index (χ2v) is 6.20. The van der Waals surface area contributed by atoms with Gasteiger partial charge in [0, 0.05) is 12.6 Å². The van der Waals surface area contributed by atoms with Crippen LogP contribution in [0.5, 0.6) is 0 Å². The quantitative estimate of drug-likeness (QED) is 0.645. The monoisotopic (exact) mass is 317 g/mol. The summed E-state index contributed by atoms with van der Waals surface area (Å²) < 4.78 is 1.16. The first-order chi connectivity index (χ1) is 8.15. The zero-order valence-corrected chi connectivity index (χ0v) is 13.0. The highest BCUT2D eigenvalue weighted by atomic mass is 79.9. The van der Waals surface area contributed by atoms with Gasteiger partial charge in [-0.3, -0.25) is 0 Å². The first-order valence-electron chi connectivity index (χ1n) is 5.93. The molecule has 0 spiro atoms. The minimum absolute atomic E-state index is 0.446. The normalized spacial score (nSPS) is 13.5. The molecule has 0 aliphatic rings. The third-order valence-corrected chi connectivity index (χ3v) is 3.93. The maximum Gasteiger partial charge on any atom is 0.191 e. The van der Waals surface area contributed by atoms with Crippen LogP contribution in [0, 0.1) is 0 Å². The molecule has 1 atom stereocenters. The number of hydrogen-bond acceptors (Lipinski definition) is 2. The van der Waals surface area contributed by atoms with E-state index in [1.807, 2.05) is 0 Å². The lowest BCUT2D eigenvalue weighted by Gasteiger charge is -2.15. The number of aliphatic imine (C=N–C) groups is 1. The number of halogens is 1. The highest BCUT2D eigenvalue weighted by molar-refractivity contribution is 9.11. The van der Waals surface area contributed by atoms with E-state index >= 15 is 0 Å². The minimum atomic E-state index is 0.446. The van der Waals surface area contributed by atoms with Crippen LogP contribution >= 0.6 is 27.3 Å². The van der Waals surface area contributed by atoms with Gasteiger partial charge in [-0.1, -0.05) is 6.92 Å². The summed E-state index contributed by atoms with van der Waals surface area (Å²) in [6.07, 6.45) is 1.09. The summed E-state index contributed by atoms with van der Waals surface area (Å²) in [4.78, 5) is 4.57. The molecule has 0 fully saturated rings. The third-order valence-electron chi connectivity index (χ3n) is 2.38. The van der Waals surface area contributed by atoms with Crippen LogP contribution in [-0.2, 0) is 6.54 Å². The van der Waals surface area contributed by atoms with E-state index in [2.05, 4.69) is 63.8 Å². The van der Waals surface area contributed by atoms with Gasteiger partial charge in [-0.05, 0) is 53.2 Å². The van der Waals surface area contributed by atoms with Crippen molar-refractivity contribution in [1.82, 2.24) is 10.6 Å². The standard InChI is InChI=1S/C12H20BrN3S/c1-4-9(3)16-12(14-5-2)15-7-10-6-11(13)17-8-10/h6,8-9H,4-5,7H2,1-3H3,(H2,14,15,16). The molecule has 17 heavy (non-hydrogen) atoms. The van der Waals surface area contributed by atoms with Gasteiger partial charge in [0.15, 0.2) is 5.96 Å². The van der Waals surface area contributed by atoms with Crippen molar-refractivity contribution in [2.24, 2.45) is 4.99 Å². The van der Waals surface area contributed by atoms with Gasteiger partial charge in [-0.25, -0.2) is 4.99 Å². The third kappa shape index (κ3) is 5.55. The molecule has 0 saturated carbocycles. The average molecular weight is 318 g/mol. The molecule has 5 heteroatoms. The van der Waals surface area contributed by atoms with Crippen molar-refractivity contribution in [1.29, 1.82) is 0 Å². The van der Waals surface area contributed by atoms with Gasteiger partial charge in [0.05, 0.1) is 10.3 Å². The molecule has 0 aliphatic carbocycles. The lowest BCUT2D eigenvalue weighted by molar-refractivity contribution is 0.624. The predicted octanol–water partition coefficient (Wildman–Crippen LogP) is 3.36. The smallest absolute Gasteiger partial charge is 0.191 e. The van der Waals surface area contributed by atoms with Crippen LogP contribution in [0.2, 0.25) is 0 Å². The number of hydrogen-bond donors (Lipinski definition) is 2. The van der Waals surface area contributed by atoms with Crippen LogP contribution in [0.4, 0.5) is 0 Å². The number of guanidine groups is 1. The Labute approximate surface area is 116 Å². The number of thiophene rings is 1. The average Bonchev–Trinajstić information content (AvgIpc) is 2.72. The molecule has 1 aromatic heterocycles. The summed E-state index contributed by atoms with van der Waals surface area (Å²) in [6, 6.07) is 2.56. The van der Waals surface area contributed by atoms with Gasteiger partial charge in [-0.2, -0.15) is 0 Å². The van der Waals surface area contributed by atoms with Crippen molar-refractivity contribution < 1.29 is 0 Å². The molecular formula is C12H20BrN3S. The molecule has 2 N–H and O–H groups in total. The van der Waals surface area contributed by atoms with E-state index in [4.69, 9.17) is 0 Å². The van der Waals surface area contributed by atoms with Crippen LogP contribution in [-0.4, -0.2) is 18.5 Å². The highest BCUT2D eigenvalue weighted by Gasteiger charge is 2.02. The molecular weight excluding hydrogens is 298 g/mol. The molecule has 1 heterocycles. The molecule has 3 nitrogen and oxygen atoms in total. The molecule has 0 aliphatic heterocycles. The van der Waals surface area contributed by atoms with Crippen molar-refractivity contribution in [3.63, 3.8) is 0 Å². The van der Waals surface area contributed by atoms with Crippen LogP contribution in [0.3, 0.4) is 0 Å². The second-order valence-electron chi connectivity index (χ2n) is 3.91. The Balaban J connectivity index is 2.56. The van der Waals surface area contributed by atoms with Gasteiger partial charge in [-0.15, -0.1) is 11.3 Å². The van der Waals surface area contributed by atoms with Gasteiger partial charge in [0.2, 0.25) is 0 Å². The van der Waals surface area contributed by atoms with Crippen LogP contribution in [0.1, 0.15) is 32.8 Å². The minimum Gasteiger partial charge on any atom is -0.357 e. The van der Waals surface area contributed by atoms with Crippen molar-refractivity contribution in [3.8, 4) is 0 Å². The SMILES string of the molecule is CCNC(=NCc1csc(Br)c1)NC(C)CC. The summed E-state index contributed by atoms with van der Waals surface area (Å²) in [5, 5.41) is 8.76. The van der Waals surface area contributed by atoms with Crippen molar-refractivity contribution in [3.05, 3.63) is 20.8 Å². The van der Waals surface area contributed by atoms with E-state index in [0.717, 1.165) is 22.7 Å². The maximum absolute atomic E-state index is 4.57. The Morgan fingerprint density at radius 1 is 1.53 bits per heavy atom. The number of nitrogens with zero attached hydrogens (tertiary/aromatic N) is 1. The molecule has 1 rings (SSSR count). The van der Waals surface area contributed by atoms with E-state index in [1.165, 1.54) is 5.56 Å². The van der Waals surface area contributed by atoms with E-state index in [-0.39, 0.29) is 0 Å². The fourth-order valence-corrected chi connectivity index (χ4v) is 2.45. The fourth-order valence-electron chi connectivity index (χ4n) is 1.25. The lowest BCUT2D eigenvalue weighted by Crippen LogP contribution is -2.41. The molecule has 0 bridgehead atoms. The highest BCUT2D eigenvalue weighted by Crippen LogP contribution is 2.20. The van der Waals surface area contributed by atoms with Crippen molar-refractivity contribution in [2.45, 2.75) is 39.8 Å². The maximum atomic E-state index is 4.57. The molecule has 1 aromatic rings. The fraction of sp³-hybridized carbons (Fsp3) is 0.583. The lowest BCUT2D eigenvalue weighted by atomic mass is 10.3. The van der Waals surface area contributed by atoms with Gasteiger partial charge >= 0.3 is 0 Å². The van der Waals surface area contributed by atoms with E-state index < -0.39 is 0 Å². The summed E-state index contributed by atoms with van der Waals surface area (Å²) in [5.74, 6) is 0.893. The first-order valence-corrected chi connectivity index (χ1v) is 7.60. The van der Waals surface area contributed by atoms with E-state index in [0.29, 0.717) is 12.6 Å². The van der Waals surface area contributed by atoms with Crippen LogP contribution in [0.25, 0.3) is 0 Å². The Morgan fingerprint density at radius 3 is 2.82 bits per heavy atom. The predicted molar refractivity (Wildman–Crippen MR) is 79.7 cm³/mol. The summed E-state index contributed by atoms with van der Waals surface area (Å²) in [5.41, 5.74) is 1.24. The van der Waals surface area contributed by atoms with Gasteiger partial charge < -0.3 is 10.6 Å². The van der Waals surface area contributed by atoms with Gasteiger partial charge in [0.25, 0.3) is 0 Å².